The maximum atomic E-state index is 11.4. The normalized spacial score (nSPS) is 13.5. The molecule has 1 heterocycles. The van der Waals surface area contributed by atoms with Gasteiger partial charge in [-0.15, -0.1) is 0 Å². The molecule has 1 aromatic rings. The van der Waals surface area contributed by atoms with Crippen LogP contribution in [0.2, 0.25) is 0 Å². The molecule has 0 aromatic heterocycles. The summed E-state index contributed by atoms with van der Waals surface area (Å²) in [7, 11) is 0. The van der Waals surface area contributed by atoms with Crippen molar-refractivity contribution in [1.82, 2.24) is 0 Å². The largest absolute Gasteiger partial charge is 0.329 e. The Morgan fingerprint density at radius 2 is 2.31 bits per heavy atom. The molecule has 0 atom stereocenters. The Balaban J connectivity index is 2.45. The maximum Gasteiger partial charge on any atom is 0.223 e. The zero-order valence-corrected chi connectivity index (χ0v) is 10.4. The zero-order chi connectivity index (χ0) is 11.7. The molecule has 1 N–H and O–H groups in total. The average molecular weight is 283 g/mol. The molecule has 16 heavy (non-hydrogen) atoms. The van der Waals surface area contributed by atoms with Gasteiger partial charge in [0.15, 0.2) is 0 Å². The van der Waals surface area contributed by atoms with Gasteiger partial charge in [-0.2, -0.15) is 0 Å². The molecule has 0 unspecified atom stereocenters. The number of hydrogen-bond donors (Lipinski definition) is 1. The standard InChI is InChI=1S/C11H11BrN2O2/c1-7(16)14-3-2-8-4-9(13-6-15)5-10(12)11(8)14/h4-6H,2-3H2,1H3,(H,13,15). The molecule has 2 amide bonds. The molecule has 1 aliphatic heterocycles. The van der Waals surface area contributed by atoms with E-state index in [0.29, 0.717) is 13.0 Å². The average Bonchev–Trinajstić information content (AvgIpc) is 2.62. The SMILES string of the molecule is CC(=O)N1CCc2cc(NC=O)cc(Br)c21. The van der Waals surface area contributed by atoms with Crippen LogP contribution in [-0.2, 0) is 16.0 Å². The minimum absolute atomic E-state index is 0.0375. The van der Waals surface area contributed by atoms with Crippen LogP contribution in [0.4, 0.5) is 11.4 Å². The quantitative estimate of drug-likeness (QED) is 0.843. The second-order valence-electron chi connectivity index (χ2n) is 3.65. The Bertz CT molecular complexity index is 460. The van der Waals surface area contributed by atoms with Crippen molar-refractivity contribution in [1.29, 1.82) is 0 Å². The molecule has 84 valence electrons. The third-order valence-corrected chi connectivity index (χ3v) is 3.23. The number of amides is 2. The van der Waals surface area contributed by atoms with Gasteiger partial charge < -0.3 is 10.2 Å². The monoisotopic (exact) mass is 282 g/mol. The number of anilines is 2. The summed E-state index contributed by atoms with van der Waals surface area (Å²) in [5, 5.41) is 2.61. The molecule has 0 aliphatic carbocycles. The van der Waals surface area contributed by atoms with Gasteiger partial charge >= 0.3 is 0 Å². The minimum atomic E-state index is 0.0375. The maximum absolute atomic E-state index is 11.4. The summed E-state index contributed by atoms with van der Waals surface area (Å²) in [6.45, 7) is 2.26. The summed E-state index contributed by atoms with van der Waals surface area (Å²) in [4.78, 5) is 23.5. The van der Waals surface area contributed by atoms with E-state index in [1.807, 2.05) is 6.07 Å². The third-order valence-electron chi connectivity index (χ3n) is 2.62. The molecule has 0 fully saturated rings. The molecule has 5 heteroatoms. The lowest BCUT2D eigenvalue weighted by molar-refractivity contribution is -0.116. The highest BCUT2D eigenvalue weighted by Crippen LogP contribution is 2.37. The highest BCUT2D eigenvalue weighted by Gasteiger charge is 2.25. The number of halogens is 1. The number of nitrogens with one attached hydrogen (secondary N) is 1. The first-order chi connectivity index (χ1) is 7.63. The van der Waals surface area contributed by atoms with Crippen molar-refractivity contribution in [2.45, 2.75) is 13.3 Å². The van der Waals surface area contributed by atoms with Gasteiger partial charge in [0, 0.05) is 23.6 Å². The molecular formula is C11H11BrN2O2. The van der Waals surface area contributed by atoms with Crippen LogP contribution < -0.4 is 10.2 Å². The van der Waals surface area contributed by atoms with Crippen LogP contribution in [0.15, 0.2) is 16.6 Å². The van der Waals surface area contributed by atoms with E-state index >= 15 is 0 Å². The topological polar surface area (TPSA) is 49.4 Å². The van der Waals surface area contributed by atoms with Crippen molar-refractivity contribution in [3.63, 3.8) is 0 Å². The number of rotatable bonds is 2. The van der Waals surface area contributed by atoms with Crippen LogP contribution in [0, 0.1) is 0 Å². The Kier molecular flexibility index (Phi) is 2.96. The molecule has 0 saturated heterocycles. The number of carbonyl (C=O) groups excluding carboxylic acids is 2. The van der Waals surface area contributed by atoms with Crippen LogP contribution in [0.3, 0.4) is 0 Å². The van der Waals surface area contributed by atoms with Gasteiger partial charge in [0.05, 0.1) is 5.69 Å². The summed E-state index contributed by atoms with van der Waals surface area (Å²) in [5.74, 6) is 0.0375. The Morgan fingerprint density at radius 3 is 2.94 bits per heavy atom. The van der Waals surface area contributed by atoms with Gasteiger partial charge in [-0.3, -0.25) is 9.59 Å². The second-order valence-corrected chi connectivity index (χ2v) is 4.50. The summed E-state index contributed by atoms with van der Waals surface area (Å²) >= 11 is 3.43. The van der Waals surface area contributed by atoms with Crippen molar-refractivity contribution in [3.8, 4) is 0 Å². The van der Waals surface area contributed by atoms with E-state index in [-0.39, 0.29) is 5.91 Å². The predicted octanol–water partition coefficient (Wildman–Crippen LogP) is 1.93. The van der Waals surface area contributed by atoms with Crippen LogP contribution in [0.5, 0.6) is 0 Å². The van der Waals surface area contributed by atoms with Gasteiger partial charge in [-0.05, 0) is 40.0 Å². The molecule has 1 aromatic carbocycles. The van der Waals surface area contributed by atoms with E-state index in [2.05, 4.69) is 21.2 Å². The van der Waals surface area contributed by atoms with E-state index < -0.39 is 0 Å². The second kappa shape index (κ2) is 4.25. The van der Waals surface area contributed by atoms with Crippen molar-refractivity contribution in [3.05, 3.63) is 22.2 Å². The van der Waals surface area contributed by atoms with E-state index in [9.17, 15) is 9.59 Å². The Hall–Kier alpha value is -1.36. The number of nitrogens with zero attached hydrogens (tertiary/aromatic N) is 1. The first kappa shape index (κ1) is 11.1. The third kappa shape index (κ3) is 1.82. The summed E-state index contributed by atoms with van der Waals surface area (Å²) in [6.07, 6.45) is 1.47. The fourth-order valence-corrected chi connectivity index (χ4v) is 2.67. The molecule has 1 aliphatic rings. The van der Waals surface area contributed by atoms with Crippen molar-refractivity contribution in [2.75, 3.05) is 16.8 Å². The summed E-state index contributed by atoms with van der Waals surface area (Å²) in [6, 6.07) is 3.70. The lowest BCUT2D eigenvalue weighted by atomic mass is 10.1. The van der Waals surface area contributed by atoms with Crippen molar-refractivity contribution in [2.24, 2.45) is 0 Å². The summed E-state index contributed by atoms with van der Waals surface area (Å²) in [5.41, 5.74) is 2.74. The Labute approximate surface area is 102 Å². The highest BCUT2D eigenvalue weighted by atomic mass is 79.9. The lowest BCUT2D eigenvalue weighted by Crippen LogP contribution is -2.26. The number of benzene rings is 1. The van der Waals surface area contributed by atoms with Gasteiger partial charge in [-0.1, -0.05) is 0 Å². The first-order valence-electron chi connectivity index (χ1n) is 4.94. The van der Waals surface area contributed by atoms with E-state index in [0.717, 1.165) is 27.8 Å². The fourth-order valence-electron chi connectivity index (χ4n) is 1.96. The van der Waals surface area contributed by atoms with Crippen molar-refractivity contribution >= 4 is 39.6 Å². The molecule has 2 rings (SSSR count). The molecule has 0 radical (unpaired) electrons. The molecule has 0 bridgehead atoms. The predicted molar refractivity (Wildman–Crippen MR) is 65.6 cm³/mol. The van der Waals surface area contributed by atoms with Crippen LogP contribution in [-0.4, -0.2) is 18.9 Å². The number of fused-ring (bicyclic) bond motifs is 1. The molecule has 0 saturated carbocycles. The van der Waals surface area contributed by atoms with Crippen LogP contribution in [0.25, 0.3) is 0 Å². The van der Waals surface area contributed by atoms with Gasteiger partial charge in [-0.25, -0.2) is 0 Å². The van der Waals surface area contributed by atoms with Gasteiger partial charge in [0.25, 0.3) is 0 Å². The Morgan fingerprint density at radius 1 is 1.56 bits per heavy atom. The smallest absolute Gasteiger partial charge is 0.223 e. The fraction of sp³-hybridized carbons (Fsp3) is 0.273. The van der Waals surface area contributed by atoms with E-state index in [1.165, 1.54) is 0 Å². The minimum Gasteiger partial charge on any atom is -0.329 e. The molecular weight excluding hydrogens is 272 g/mol. The van der Waals surface area contributed by atoms with E-state index in [1.54, 1.807) is 17.9 Å². The van der Waals surface area contributed by atoms with E-state index in [4.69, 9.17) is 0 Å². The molecule has 0 spiro atoms. The van der Waals surface area contributed by atoms with Gasteiger partial charge in [0.1, 0.15) is 0 Å². The number of hydrogen-bond acceptors (Lipinski definition) is 2. The van der Waals surface area contributed by atoms with Gasteiger partial charge in [0.2, 0.25) is 12.3 Å². The first-order valence-corrected chi connectivity index (χ1v) is 5.73. The highest BCUT2D eigenvalue weighted by molar-refractivity contribution is 9.10. The lowest BCUT2D eigenvalue weighted by Gasteiger charge is -2.16. The number of carbonyl (C=O) groups is 2. The van der Waals surface area contributed by atoms with Crippen LogP contribution in [0.1, 0.15) is 12.5 Å². The summed E-state index contributed by atoms with van der Waals surface area (Å²) < 4.78 is 0.835. The van der Waals surface area contributed by atoms with Crippen LogP contribution >= 0.6 is 15.9 Å². The molecule has 4 nitrogen and oxygen atoms in total. The van der Waals surface area contributed by atoms with Crippen molar-refractivity contribution < 1.29 is 9.59 Å². The zero-order valence-electron chi connectivity index (χ0n) is 8.79.